The fraction of sp³-hybridized carbons (Fsp3) is 0.833. The average molecular weight is 224 g/mol. The third-order valence-electron chi connectivity index (χ3n) is 2.60. The number of amides is 1. The molecule has 1 aliphatic heterocycles. The molecule has 1 atom stereocenters. The number of nitrogens with zero attached hydrogens (tertiary/aromatic N) is 2. The van der Waals surface area contributed by atoms with Crippen LogP contribution in [0.4, 0.5) is 0 Å². The first-order valence-electron chi connectivity index (χ1n) is 5.77. The number of hydrogen-bond acceptors (Lipinski definition) is 3. The summed E-state index contributed by atoms with van der Waals surface area (Å²) in [4.78, 5) is 13.5. The van der Waals surface area contributed by atoms with Gasteiger partial charge < -0.3 is 9.64 Å². The van der Waals surface area contributed by atoms with Crippen LogP contribution in [0.2, 0.25) is 0 Å². The highest BCUT2D eigenvalue weighted by Gasteiger charge is 2.27. The van der Waals surface area contributed by atoms with Gasteiger partial charge in [0.1, 0.15) is 12.6 Å². The van der Waals surface area contributed by atoms with E-state index in [1.54, 1.807) is 4.90 Å². The Morgan fingerprint density at radius 2 is 2.19 bits per heavy atom. The van der Waals surface area contributed by atoms with Gasteiger partial charge in [-0.05, 0) is 40.0 Å². The summed E-state index contributed by atoms with van der Waals surface area (Å²) in [6.45, 7) is 6.50. The number of rotatable bonds is 2. The Morgan fingerprint density at radius 3 is 2.75 bits per heavy atom. The average Bonchev–Trinajstić information content (AvgIpc) is 2.25. The van der Waals surface area contributed by atoms with E-state index in [0.29, 0.717) is 6.54 Å². The minimum absolute atomic E-state index is 0.0684. The van der Waals surface area contributed by atoms with Gasteiger partial charge in [-0.15, -0.1) is 0 Å². The predicted octanol–water partition coefficient (Wildman–Crippen LogP) is 1.71. The summed E-state index contributed by atoms with van der Waals surface area (Å²) in [6.07, 6.45) is 2.80. The topological polar surface area (TPSA) is 53.3 Å². The molecule has 0 N–H and O–H groups in total. The molecular formula is C12H20N2O2. The minimum atomic E-state index is -0.312. The molecule has 1 rings (SSSR count). The van der Waals surface area contributed by atoms with Crippen LogP contribution in [0.1, 0.15) is 40.0 Å². The van der Waals surface area contributed by atoms with Crippen LogP contribution in [0, 0.1) is 11.3 Å². The number of hydrogen-bond donors (Lipinski definition) is 0. The van der Waals surface area contributed by atoms with Crippen LogP contribution in [-0.4, -0.2) is 35.6 Å². The van der Waals surface area contributed by atoms with Gasteiger partial charge in [0.15, 0.2) is 0 Å². The second kappa shape index (κ2) is 5.31. The van der Waals surface area contributed by atoms with Gasteiger partial charge in [-0.2, -0.15) is 5.26 Å². The third kappa shape index (κ3) is 3.82. The molecule has 0 radical (unpaired) electrons. The molecule has 1 aliphatic rings. The first-order valence-corrected chi connectivity index (χ1v) is 5.77. The Kier molecular flexibility index (Phi) is 4.31. The Labute approximate surface area is 97.2 Å². The smallest absolute Gasteiger partial charge is 0.249 e. The zero-order chi connectivity index (χ0) is 12.2. The molecule has 0 saturated carbocycles. The second-order valence-corrected chi connectivity index (χ2v) is 5.13. The van der Waals surface area contributed by atoms with Gasteiger partial charge in [0.25, 0.3) is 0 Å². The van der Waals surface area contributed by atoms with E-state index in [4.69, 9.17) is 10.00 Å². The molecule has 16 heavy (non-hydrogen) atoms. The highest BCUT2D eigenvalue weighted by atomic mass is 16.5. The molecule has 0 spiro atoms. The lowest BCUT2D eigenvalue weighted by Gasteiger charge is -2.32. The molecule has 4 heteroatoms. The van der Waals surface area contributed by atoms with Crippen LogP contribution in [0.3, 0.4) is 0 Å². The van der Waals surface area contributed by atoms with E-state index in [0.717, 1.165) is 19.3 Å². The van der Waals surface area contributed by atoms with Crippen molar-refractivity contribution in [1.82, 2.24) is 4.90 Å². The summed E-state index contributed by atoms with van der Waals surface area (Å²) >= 11 is 0. The van der Waals surface area contributed by atoms with E-state index in [2.05, 4.69) is 6.07 Å². The van der Waals surface area contributed by atoms with Gasteiger partial charge in [0.05, 0.1) is 11.7 Å². The highest BCUT2D eigenvalue weighted by Crippen LogP contribution is 2.17. The highest BCUT2D eigenvalue weighted by molar-refractivity contribution is 5.78. The maximum atomic E-state index is 11.9. The lowest BCUT2D eigenvalue weighted by molar-refractivity contribution is -0.143. The largest absolute Gasteiger partial charge is 0.366 e. The molecule has 4 nitrogen and oxygen atoms in total. The number of likely N-dealkylation sites (tertiary alicyclic amines) is 1. The standard InChI is InChI=1S/C12H20N2O2/c1-12(2,3)16-9-11(15)14-7-5-4-6-10(14)8-13/h10H,4-7,9H2,1-3H3. The van der Waals surface area contributed by atoms with E-state index < -0.39 is 0 Å². The van der Waals surface area contributed by atoms with E-state index >= 15 is 0 Å². The Hall–Kier alpha value is -1.08. The summed E-state index contributed by atoms with van der Waals surface area (Å²) in [5.74, 6) is -0.0684. The summed E-state index contributed by atoms with van der Waals surface area (Å²) in [5.41, 5.74) is -0.312. The number of carbonyl (C=O) groups is 1. The van der Waals surface area contributed by atoms with Crippen molar-refractivity contribution in [2.24, 2.45) is 0 Å². The molecule has 90 valence electrons. The van der Waals surface area contributed by atoms with E-state index in [1.807, 2.05) is 20.8 Å². The van der Waals surface area contributed by atoms with Gasteiger partial charge in [0.2, 0.25) is 5.91 Å². The van der Waals surface area contributed by atoms with Gasteiger partial charge in [0, 0.05) is 6.54 Å². The monoisotopic (exact) mass is 224 g/mol. The molecule has 0 aliphatic carbocycles. The quantitative estimate of drug-likeness (QED) is 0.717. The Balaban J connectivity index is 2.49. The van der Waals surface area contributed by atoms with Crippen molar-refractivity contribution in [2.45, 2.75) is 51.7 Å². The Bertz CT molecular complexity index is 288. The molecule has 1 unspecified atom stereocenters. The lowest BCUT2D eigenvalue weighted by Crippen LogP contribution is -2.45. The number of ether oxygens (including phenoxy) is 1. The van der Waals surface area contributed by atoms with Crippen molar-refractivity contribution in [3.63, 3.8) is 0 Å². The summed E-state index contributed by atoms with van der Waals surface area (Å²) in [6, 6.07) is 1.92. The van der Waals surface area contributed by atoms with Crippen molar-refractivity contribution < 1.29 is 9.53 Å². The van der Waals surface area contributed by atoms with E-state index in [9.17, 15) is 4.79 Å². The molecule has 0 aromatic heterocycles. The fourth-order valence-corrected chi connectivity index (χ4v) is 1.73. The molecule has 1 saturated heterocycles. The SMILES string of the molecule is CC(C)(C)OCC(=O)N1CCCCC1C#N. The maximum Gasteiger partial charge on any atom is 0.249 e. The fourth-order valence-electron chi connectivity index (χ4n) is 1.73. The first kappa shape index (κ1) is 13.0. The molecule has 1 heterocycles. The first-order chi connectivity index (χ1) is 7.44. The summed E-state index contributed by atoms with van der Waals surface area (Å²) < 4.78 is 5.44. The second-order valence-electron chi connectivity index (χ2n) is 5.13. The zero-order valence-electron chi connectivity index (χ0n) is 10.3. The minimum Gasteiger partial charge on any atom is -0.366 e. The molecule has 0 bridgehead atoms. The van der Waals surface area contributed by atoms with Crippen molar-refractivity contribution >= 4 is 5.91 Å². The molecular weight excluding hydrogens is 204 g/mol. The van der Waals surface area contributed by atoms with Crippen molar-refractivity contribution in [1.29, 1.82) is 5.26 Å². The van der Waals surface area contributed by atoms with Crippen LogP contribution in [-0.2, 0) is 9.53 Å². The van der Waals surface area contributed by atoms with E-state index in [-0.39, 0.29) is 24.2 Å². The maximum absolute atomic E-state index is 11.9. The number of piperidine rings is 1. The van der Waals surface area contributed by atoms with Gasteiger partial charge in [-0.3, -0.25) is 4.79 Å². The normalized spacial score (nSPS) is 21.6. The van der Waals surface area contributed by atoms with Crippen LogP contribution in [0.5, 0.6) is 0 Å². The Morgan fingerprint density at radius 1 is 1.50 bits per heavy atom. The summed E-state index contributed by atoms with van der Waals surface area (Å²) in [5, 5.41) is 8.95. The van der Waals surface area contributed by atoms with Gasteiger partial charge in [-0.1, -0.05) is 0 Å². The van der Waals surface area contributed by atoms with Crippen molar-refractivity contribution in [3.05, 3.63) is 0 Å². The summed E-state index contributed by atoms with van der Waals surface area (Å²) in [7, 11) is 0. The lowest BCUT2D eigenvalue weighted by atomic mass is 10.0. The van der Waals surface area contributed by atoms with Crippen molar-refractivity contribution in [2.75, 3.05) is 13.2 Å². The van der Waals surface area contributed by atoms with Crippen LogP contribution < -0.4 is 0 Å². The molecule has 1 amide bonds. The molecule has 0 aromatic rings. The van der Waals surface area contributed by atoms with Crippen LogP contribution >= 0.6 is 0 Å². The number of nitriles is 1. The molecule has 0 aromatic carbocycles. The van der Waals surface area contributed by atoms with E-state index in [1.165, 1.54) is 0 Å². The third-order valence-corrected chi connectivity index (χ3v) is 2.60. The number of carbonyl (C=O) groups excluding carboxylic acids is 1. The zero-order valence-corrected chi connectivity index (χ0v) is 10.3. The predicted molar refractivity (Wildman–Crippen MR) is 60.7 cm³/mol. The van der Waals surface area contributed by atoms with Gasteiger partial charge in [-0.25, -0.2) is 0 Å². The van der Waals surface area contributed by atoms with Crippen LogP contribution in [0.25, 0.3) is 0 Å². The van der Waals surface area contributed by atoms with Crippen LogP contribution in [0.15, 0.2) is 0 Å². The molecule has 1 fully saturated rings. The van der Waals surface area contributed by atoms with Crippen molar-refractivity contribution in [3.8, 4) is 6.07 Å². The van der Waals surface area contributed by atoms with Gasteiger partial charge >= 0.3 is 0 Å².